The summed E-state index contributed by atoms with van der Waals surface area (Å²) in [6.45, 7) is 7.19. The summed E-state index contributed by atoms with van der Waals surface area (Å²) in [4.78, 5) is 11.4. The first-order chi connectivity index (χ1) is 9.31. The van der Waals surface area contributed by atoms with Gasteiger partial charge >= 0.3 is 0 Å². The molecule has 0 radical (unpaired) electrons. The van der Waals surface area contributed by atoms with Crippen molar-refractivity contribution in [2.75, 3.05) is 18.0 Å². The van der Waals surface area contributed by atoms with Crippen molar-refractivity contribution in [3.8, 4) is 0 Å². The third-order valence-electron chi connectivity index (χ3n) is 3.88. The molecule has 0 unspecified atom stereocenters. The number of hydrogen-bond donors (Lipinski definition) is 0. The molecule has 2 aromatic rings. The predicted octanol–water partition coefficient (Wildman–Crippen LogP) is 2.54. The standard InChI is InChI=1S/C14H21N5/c1-3-19-13-12(11(2)17-19)15-10-16-14(13)18-8-6-4-5-7-9-18/h10H,3-9H2,1-2H3. The lowest BCUT2D eigenvalue weighted by atomic mass is 10.2. The smallest absolute Gasteiger partial charge is 0.158 e. The molecule has 0 atom stereocenters. The van der Waals surface area contributed by atoms with Crippen LogP contribution in [-0.4, -0.2) is 32.8 Å². The van der Waals surface area contributed by atoms with E-state index < -0.39 is 0 Å². The summed E-state index contributed by atoms with van der Waals surface area (Å²) in [7, 11) is 0. The van der Waals surface area contributed by atoms with Crippen molar-refractivity contribution in [2.45, 2.75) is 46.1 Å². The minimum Gasteiger partial charge on any atom is -0.355 e. The minimum atomic E-state index is 0.860. The number of aromatic nitrogens is 4. The van der Waals surface area contributed by atoms with Crippen LogP contribution in [0.3, 0.4) is 0 Å². The maximum Gasteiger partial charge on any atom is 0.158 e. The van der Waals surface area contributed by atoms with E-state index in [-0.39, 0.29) is 0 Å². The van der Waals surface area contributed by atoms with Gasteiger partial charge in [-0.3, -0.25) is 4.68 Å². The van der Waals surface area contributed by atoms with E-state index in [2.05, 4.69) is 26.9 Å². The monoisotopic (exact) mass is 259 g/mol. The van der Waals surface area contributed by atoms with Crippen molar-refractivity contribution < 1.29 is 0 Å². The lowest BCUT2D eigenvalue weighted by molar-refractivity contribution is 0.671. The van der Waals surface area contributed by atoms with E-state index in [9.17, 15) is 0 Å². The van der Waals surface area contributed by atoms with Crippen LogP contribution >= 0.6 is 0 Å². The zero-order valence-electron chi connectivity index (χ0n) is 11.8. The Kier molecular flexibility index (Phi) is 3.36. The highest BCUT2D eigenvalue weighted by Crippen LogP contribution is 2.26. The van der Waals surface area contributed by atoms with E-state index in [4.69, 9.17) is 0 Å². The average molecular weight is 259 g/mol. The average Bonchev–Trinajstić information content (AvgIpc) is 2.64. The van der Waals surface area contributed by atoms with Gasteiger partial charge in [-0.2, -0.15) is 5.10 Å². The Morgan fingerprint density at radius 2 is 1.84 bits per heavy atom. The van der Waals surface area contributed by atoms with E-state index in [1.165, 1.54) is 25.7 Å². The molecule has 2 aromatic heterocycles. The molecule has 0 bridgehead atoms. The lowest BCUT2D eigenvalue weighted by Crippen LogP contribution is -2.25. The highest BCUT2D eigenvalue weighted by Gasteiger charge is 2.19. The summed E-state index contributed by atoms with van der Waals surface area (Å²) in [6, 6.07) is 0. The molecule has 3 rings (SSSR count). The first-order valence-electron chi connectivity index (χ1n) is 7.24. The molecule has 1 saturated heterocycles. The van der Waals surface area contributed by atoms with Crippen LogP contribution in [0.25, 0.3) is 11.0 Å². The van der Waals surface area contributed by atoms with Crippen LogP contribution in [0.2, 0.25) is 0 Å². The Hall–Kier alpha value is -1.65. The number of aryl methyl sites for hydroxylation is 2. The number of anilines is 1. The van der Waals surface area contributed by atoms with Crippen LogP contribution in [0.4, 0.5) is 5.82 Å². The van der Waals surface area contributed by atoms with Crippen molar-refractivity contribution in [3.05, 3.63) is 12.0 Å². The Balaban J connectivity index is 2.11. The molecule has 5 nitrogen and oxygen atoms in total. The molecule has 1 aliphatic rings. The fourth-order valence-electron chi connectivity index (χ4n) is 2.89. The molecule has 5 heteroatoms. The van der Waals surface area contributed by atoms with E-state index in [0.717, 1.165) is 42.2 Å². The fraction of sp³-hybridized carbons (Fsp3) is 0.643. The van der Waals surface area contributed by atoms with Crippen LogP contribution in [-0.2, 0) is 6.54 Å². The number of nitrogens with zero attached hydrogens (tertiary/aromatic N) is 5. The second kappa shape index (κ2) is 5.15. The van der Waals surface area contributed by atoms with Gasteiger partial charge in [0.25, 0.3) is 0 Å². The second-order valence-electron chi connectivity index (χ2n) is 5.20. The van der Waals surface area contributed by atoms with Gasteiger partial charge in [0, 0.05) is 19.6 Å². The Morgan fingerprint density at radius 1 is 1.11 bits per heavy atom. The summed E-state index contributed by atoms with van der Waals surface area (Å²) in [5, 5.41) is 4.57. The fourth-order valence-corrected chi connectivity index (χ4v) is 2.89. The van der Waals surface area contributed by atoms with Crippen molar-refractivity contribution in [2.24, 2.45) is 0 Å². The van der Waals surface area contributed by atoms with Crippen LogP contribution in [0.5, 0.6) is 0 Å². The molecule has 0 N–H and O–H groups in total. The SMILES string of the molecule is CCn1nc(C)c2ncnc(N3CCCCCC3)c21. The molecule has 0 amide bonds. The molecule has 19 heavy (non-hydrogen) atoms. The number of rotatable bonds is 2. The van der Waals surface area contributed by atoms with Gasteiger partial charge < -0.3 is 4.90 Å². The van der Waals surface area contributed by atoms with Crippen molar-refractivity contribution >= 4 is 16.9 Å². The van der Waals surface area contributed by atoms with Gasteiger partial charge in [-0.1, -0.05) is 12.8 Å². The lowest BCUT2D eigenvalue weighted by Gasteiger charge is -2.22. The van der Waals surface area contributed by atoms with Gasteiger partial charge in [-0.15, -0.1) is 0 Å². The Morgan fingerprint density at radius 3 is 2.53 bits per heavy atom. The summed E-state index contributed by atoms with van der Waals surface area (Å²) >= 11 is 0. The molecule has 0 spiro atoms. The molecular formula is C14H21N5. The molecule has 102 valence electrons. The molecule has 0 aliphatic carbocycles. The van der Waals surface area contributed by atoms with Gasteiger partial charge in [0.15, 0.2) is 5.82 Å². The highest BCUT2D eigenvalue weighted by atomic mass is 15.3. The Bertz CT molecular complexity index is 566. The van der Waals surface area contributed by atoms with Crippen molar-refractivity contribution in [3.63, 3.8) is 0 Å². The van der Waals surface area contributed by atoms with Gasteiger partial charge in [0.2, 0.25) is 0 Å². The first kappa shape index (κ1) is 12.4. The summed E-state index contributed by atoms with van der Waals surface area (Å²) in [5.74, 6) is 1.06. The van der Waals surface area contributed by atoms with Gasteiger partial charge in [-0.25, -0.2) is 9.97 Å². The quantitative estimate of drug-likeness (QED) is 0.831. The van der Waals surface area contributed by atoms with Gasteiger partial charge in [0.05, 0.1) is 5.69 Å². The molecule has 3 heterocycles. The van der Waals surface area contributed by atoms with Gasteiger partial charge in [-0.05, 0) is 26.7 Å². The van der Waals surface area contributed by atoms with Crippen LogP contribution in [0.15, 0.2) is 6.33 Å². The molecule has 0 aromatic carbocycles. The van der Waals surface area contributed by atoms with Crippen LogP contribution in [0, 0.1) is 6.92 Å². The normalized spacial score (nSPS) is 16.8. The maximum atomic E-state index is 4.57. The third kappa shape index (κ3) is 2.17. The minimum absolute atomic E-state index is 0.860. The third-order valence-corrected chi connectivity index (χ3v) is 3.88. The van der Waals surface area contributed by atoms with Crippen molar-refractivity contribution in [1.82, 2.24) is 19.7 Å². The Labute approximate surface area is 113 Å². The number of fused-ring (bicyclic) bond motifs is 1. The van der Waals surface area contributed by atoms with Gasteiger partial charge in [0.1, 0.15) is 17.4 Å². The van der Waals surface area contributed by atoms with Crippen molar-refractivity contribution in [1.29, 1.82) is 0 Å². The van der Waals surface area contributed by atoms with E-state index in [1.807, 2.05) is 11.6 Å². The van der Waals surface area contributed by atoms with E-state index in [0.29, 0.717) is 0 Å². The molecule has 1 aliphatic heterocycles. The van der Waals surface area contributed by atoms with Crippen LogP contribution < -0.4 is 4.90 Å². The zero-order valence-corrected chi connectivity index (χ0v) is 11.8. The molecular weight excluding hydrogens is 238 g/mol. The topological polar surface area (TPSA) is 46.8 Å². The maximum absolute atomic E-state index is 4.57. The second-order valence-corrected chi connectivity index (χ2v) is 5.20. The number of hydrogen-bond acceptors (Lipinski definition) is 4. The molecule has 1 fully saturated rings. The summed E-state index contributed by atoms with van der Waals surface area (Å²) in [6.07, 6.45) is 6.85. The van der Waals surface area contributed by atoms with E-state index >= 15 is 0 Å². The predicted molar refractivity (Wildman–Crippen MR) is 76.4 cm³/mol. The van der Waals surface area contributed by atoms with Crippen LogP contribution in [0.1, 0.15) is 38.3 Å². The molecule has 0 saturated carbocycles. The van der Waals surface area contributed by atoms with E-state index in [1.54, 1.807) is 6.33 Å². The zero-order chi connectivity index (χ0) is 13.2. The first-order valence-corrected chi connectivity index (χ1v) is 7.24. The summed E-state index contributed by atoms with van der Waals surface area (Å²) in [5.41, 5.74) is 3.09. The summed E-state index contributed by atoms with van der Waals surface area (Å²) < 4.78 is 2.03. The largest absolute Gasteiger partial charge is 0.355 e. The highest BCUT2D eigenvalue weighted by molar-refractivity contribution is 5.87.